The molecule has 0 aromatic carbocycles. The maximum Gasteiger partial charge on any atom is 0.344 e. The van der Waals surface area contributed by atoms with Gasteiger partial charge in [0.1, 0.15) is 0 Å². The molecule has 74 valence electrons. The number of hydrazone groups is 1. The molecule has 2 N–H and O–H groups in total. The molecule has 0 radical (unpaired) electrons. The van der Waals surface area contributed by atoms with E-state index in [-0.39, 0.29) is 0 Å². The highest BCUT2D eigenvalue weighted by atomic mass is 32.1. The van der Waals surface area contributed by atoms with Crippen molar-refractivity contribution >= 4 is 24.6 Å². The van der Waals surface area contributed by atoms with Gasteiger partial charge < -0.3 is 0 Å². The number of amides is 2. The molecule has 1 rings (SSSR count). The predicted octanol–water partition coefficient (Wildman–Crippen LogP) is 0.950. The lowest BCUT2D eigenvalue weighted by Crippen LogP contribution is -2.26. The number of nitrogens with zero attached hydrogens (tertiary/aromatic N) is 2. The van der Waals surface area contributed by atoms with Gasteiger partial charge in [0.05, 0.1) is 11.4 Å². The molecule has 0 saturated heterocycles. The Morgan fingerprint density at radius 1 is 1.57 bits per heavy atom. The van der Waals surface area contributed by atoms with Gasteiger partial charge >= 0.3 is 6.03 Å². The lowest BCUT2D eigenvalue weighted by atomic mass is 10.3. The normalized spacial score (nSPS) is 10.9. The van der Waals surface area contributed by atoms with E-state index in [0.29, 0.717) is 11.4 Å². The summed E-state index contributed by atoms with van der Waals surface area (Å²) < 4.78 is 2.09. The maximum absolute atomic E-state index is 10.7. The van der Waals surface area contributed by atoms with Gasteiger partial charge in [-0.05, 0) is 19.1 Å². The standard InChI is InChI=1S/C8H10N4OS/c1-6(10-11-8(13)12-14)7-4-2-3-5-9-7/h2-5,14H,1H3,(H2,11,12,13)/b10-6+. The summed E-state index contributed by atoms with van der Waals surface area (Å²) in [4.78, 5) is 14.8. The van der Waals surface area contributed by atoms with Gasteiger partial charge in [0.25, 0.3) is 0 Å². The largest absolute Gasteiger partial charge is 0.344 e. The second-order valence-corrected chi connectivity index (χ2v) is 2.69. The van der Waals surface area contributed by atoms with Crippen LogP contribution in [0.2, 0.25) is 0 Å². The van der Waals surface area contributed by atoms with Crippen molar-refractivity contribution in [2.24, 2.45) is 5.10 Å². The molecule has 0 aliphatic rings. The molecule has 1 heterocycles. The molecular weight excluding hydrogens is 200 g/mol. The quantitative estimate of drug-likeness (QED) is 0.386. The lowest BCUT2D eigenvalue weighted by Gasteiger charge is -2.00. The minimum atomic E-state index is -0.483. The van der Waals surface area contributed by atoms with E-state index >= 15 is 0 Å². The van der Waals surface area contributed by atoms with E-state index in [4.69, 9.17) is 0 Å². The fourth-order valence-corrected chi connectivity index (χ4v) is 0.844. The van der Waals surface area contributed by atoms with Crippen molar-refractivity contribution < 1.29 is 4.79 Å². The van der Waals surface area contributed by atoms with E-state index < -0.39 is 6.03 Å². The van der Waals surface area contributed by atoms with Crippen LogP contribution in [0.25, 0.3) is 0 Å². The summed E-state index contributed by atoms with van der Waals surface area (Å²) in [6, 6.07) is 4.98. The summed E-state index contributed by atoms with van der Waals surface area (Å²) in [5, 5.41) is 3.81. The first-order valence-electron chi connectivity index (χ1n) is 3.90. The second-order valence-electron chi connectivity index (χ2n) is 2.46. The molecule has 5 nitrogen and oxygen atoms in total. The summed E-state index contributed by atoms with van der Waals surface area (Å²) in [6.07, 6.45) is 1.66. The van der Waals surface area contributed by atoms with Crippen LogP contribution in [-0.2, 0) is 0 Å². The SMILES string of the molecule is C/C(=N\NC(=O)NS)c1ccccn1. The van der Waals surface area contributed by atoms with E-state index in [1.54, 1.807) is 19.2 Å². The van der Waals surface area contributed by atoms with Crippen LogP contribution in [0, 0.1) is 0 Å². The van der Waals surface area contributed by atoms with Crippen molar-refractivity contribution in [1.82, 2.24) is 15.1 Å². The molecule has 1 aromatic heterocycles. The molecule has 1 aromatic rings. The molecule has 6 heteroatoms. The highest BCUT2D eigenvalue weighted by Crippen LogP contribution is 1.94. The van der Waals surface area contributed by atoms with Gasteiger partial charge in [0.2, 0.25) is 0 Å². The van der Waals surface area contributed by atoms with Crippen LogP contribution < -0.4 is 10.1 Å². The summed E-state index contributed by atoms with van der Waals surface area (Å²) in [6.45, 7) is 1.75. The fraction of sp³-hybridized carbons (Fsp3) is 0.125. The third kappa shape index (κ3) is 3.06. The predicted molar refractivity (Wildman–Crippen MR) is 57.1 cm³/mol. The van der Waals surface area contributed by atoms with E-state index in [1.165, 1.54) is 0 Å². The Morgan fingerprint density at radius 2 is 2.36 bits per heavy atom. The summed E-state index contributed by atoms with van der Waals surface area (Å²) in [5.41, 5.74) is 3.59. The number of thiol groups is 1. The molecule has 0 bridgehead atoms. The number of carbonyl (C=O) groups excluding carboxylic acids is 1. The minimum Gasteiger partial charge on any atom is -0.283 e. The number of hydrogen-bond acceptors (Lipinski definition) is 4. The van der Waals surface area contributed by atoms with E-state index in [9.17, 15) is 4.79 Å². The number of rotatable bonds is 2. The fourth-order valence-electron chi connectivity index (χ4n) is 0.794. The molecule has 2 amide bonds. The van der Waals surface area contributed by atoms with Gasteiger partial charge in [-0.1, -0.05) is 18.9 Å². The molecule has 0 unspecified atom stereocenters. The Balaban J connectivity index is 2.66. The topological polar surface area (TPSA) is 66.4 Å². The van der Waals surface area contributed by atoms with Gasteiger partial charge in [-0.3, -0.25) is 9.71 Å². The molecule has 14 heavy (non-hydrogen) atoms. The van der Waals surface area contributed by atoms with Crippen molar-refractivity contribution in [3.05, 3.63) is 30.1 Å². The molecular formula is C8H10N4OS. The third-order valence-electron chi connectivity index (χ3n) is 1.46. The summed E-state index contributed by atoms with van der Waals surface area (Å²) in [5.74, 6) is 0. The van der Waals surface area contributed by atoms with Crippen LogP contribution in [0.3, 0.4) is 0 Å². The highest BCUT2D eigenvalue weighted by Gasteiger charge is 1.98. The van der Waals surface area contributed by atoms with Crippen LogP contribution in [0.1, 0.15) is 12.6 Å². The Labute approximate surface area is 87.2 Å². The lowest BCUT2D eigenvalue weighted by molar-refractivity contribution is 0.247. The van der Waals surface area contributed by atoms with Crippen molar-refractivity contribution in [3.8, 4) is 0 Å². The van der Waals surface area contributed by atoms with Crippen LogP contribution in [-0.4, -0.2) is 16.7 Å². The minimum absolute atomic E-state index is 0.483. The van der Waals surface area contributed by atoms with Crippen LogP contribution >= 0.6 is 12.8 Å². The first-order valence-corrected chi connectivity index (χ1v) is 4.34. The van der Waals surface area contributed by atoms with Gasteiger partial charge in [-0.25, -0.2) is 10.2 Å². The van der Waals surface area contributed by atoms with Crippen LogP contribution in [0.5, 0.6) is 0 Å². The first kappa shape index (κ1) is 10.5. The zero-order valence-corrected chi connectivity index (χ0v) is 8.45. The van der Waals surface area contributed by atoms with Gasteiger partial charge in [-0.2, -0.15) is 5.10 Å². The smallest absolute Gasteiger partial charge is 0.283 e. The second kappa shape index (κ2) is 5.23. The summed E-state index contributed by atoms with van der Waals surface area (Å²) in [7, 11) is 0. The van der Waals surface area contributed by atoms with Crippen LogP contribution in [0.15, 0.2) is 29.5 Å². The van der Waals surface area contributed by atoms with Crippen molar-refractivity contribution in [2.75, 3.05) is 0 Å². The van der Waals surface area contributed by atoms with Gasteiger partial charge in [-0.15, -0.1) is 0 Å². The Morgan fingerprint density at radius 3 is 2.93 bits per heavy atom. The Hall–Kier alpha value is -1.56. The zero-order valence-electron chi connectivity index (χ0n) is 7.56. The van der Waals surface area contributed by atoms with Crippen molar-refractivity contribution in [2.45, 2.75) is 6.92 Å². The maximum atomic E-state index is 10.7. The zero-order chi connectivity index (χ0) is 10.4. The number of urea groups is 1. The molecule has 0 aliphatic carbocycles. The number of hydrogen-bond donors (Lipinski definition) is 3. The number of pyridine rings is 1. The first-order chi connectivity index (χ1) is 6.74. The molecule has 0 fully saturated rings. The van der Waals surface area contributed by atoms with E-state index in [1.807, 2.05) is 12.1 Å². The number of nitrogens with one attached hydrogen (secondary N) is 2. The van der Waals surface area contributed by atoms with Gasteiger partial charge in [0.15, 0.2) is 0 Å². The van der Waals surface area contributed by atoms with Gasteiger partial charge in [0, 0.05) is 6.20 Å². The van der Waals surface area contributed by atoms with Crippen LogP contribution in [0.4, 0.5) is 4.79 Å². The monoisotopic (exact) mass is 210 g/mol. The molecule has 0 aliphatic heterocycles. The van der Waals surface area contributed by atoms with E-state index in [2.05, 4.69) is 33.0 Å². The van der Waals surface area contributed by atoms with E-state index in [0.717, 1.165) is 0 Å². The average molecular weight is 210 g/mol. The van der Waals surface area contributed by atoms with Crippen molar-refractivity contribution in [1.29, 1.82) is 0 Å². The Bertz CT molecular complexity index is 338. The Kier molecular flexibility index (Phi) is 3.93. The summed E-state index contributed by atoms with van der Waals surface area (Å²) >= 11 is 3.56. The molecule has 0 atom stereocenters. The third-order valence-corrected chi connectivity index (χ3v) is 1.67. The highest BCUT2D eigenvalue weighted by molar-refractivity contribution is 7.78. The number of carbonyl (C=O) groups is 1. The van der Waals surface area contributed by atoms with Crippen molar-refractivity contribution in [3.63, 3.8) is 0 Å². The molecule has 0 spiro atoms. The molecule has 0 saturated carbocycles. The average Bonchev–Trinajstić information content (AvgIpc) is 2.26. The number of aromatic nitrogens is 1.